The van der Waals surface area contributed by atoms with Gasteiger partial charge in [0.2, 0.25) is 0 Å². The van der Waals surface area contributed by atoms with Crippen molar-refractivity contribution >= 4 is 26.5 Å². The van der Waals surface area contributed by atoms with E-state index >= 15 is 0 Å². The molecule has 0 aliphatic heterocycles. The first kappa shape index (κ1) is 41.3. The van der Waals surface area contributed by atoms with Crippen molar-refractivity contribution in [2.75, 3.05) is 40.1 Å². The topological polar surface area (TPSA) is 36.9 Å². The molecule has 6 heteroatoms. The fourth-order valence-electron chi connectivity index (χ4n) is 14.7. The van der Waals surface area contributed by atoms with Gasteiger partial charge in [-0.25, -0.2) is 0 Å². The van der Waals surface area contributed by atoms with Gasteiger partial charge < -0.3 is 18.9 Å². The van der Waals surface area contributed by atoms with E-state index in [1.807, 2.05) is 0 Å². The number of rotatable bonds is 17. The Morgan fingerprint density at radius 1 is 0.483 bits per heavy atom. The Kier molecular flexibility index (Phi) is 12.0. The van der Waals surface area contributed by atoms with Crippen LogP contribution in [0, 0.1) is 49.4 Å². The summed E-state index contributed by atoms with van der Waals surface area (Å²) >= 11 is 0. The van der Waals surface area contributed by atoms with Crippen molar-refractivity contribution in [3.63, 3.8) is 0 Å². The number of ether oxygens (including phenoxy) is 4. The van der Waals surface area contributed by atoms with Crippen molar-refractivity contribution in [3.8, 4) is 11.5 Å². The highest BCUT2D eigenvalue weighted by Gasteiger charge is 2.54. The van der Waals surface area contributed by atoms with Crippen LogP contribution >= 0.6 is 15.8 Å². The van der Waals surface area contributed by atoms with Gasteiger partial charge in [0.25, 0.3) is 0 Å². The van der Waals surface area contributed by atoms with E-state index in [1.165, 1.54) is 133 Å². The van der Waals surface area contributed by atoms with E-state index in [-0.39, 0.29) is 10.8 Å². The van der Waals surface area contributed by atoms with Crippen LogP contribution in [-0.2, 0) is 32.6 Å². The Morgan fingerprint density at radius 2 is 0.817 bits per heavy atom. The van der Waals surface area contributed by atoms with Crippen LogP contribution in [0.1, 0.15) is 110 Å². The molecule has 2 atom stereocenters. The Hall–Kier alpha value is -2.74. The molecule has 318 valence electrons. The monoisotopic (exact) mass is 842 g/mol. The normalized spacial score (nSPS) is 30.7. The Labute approximate surface area is 363 Å². The molecule has 0 saturated heterocycles. The molecule has 4 aromatic rings. The minimum atomic E-state index is -0.523. The predicted octanol–water partition coefficient (Wildman–Crippen LogP) is 12.5. The fraction of sp³-hybridized carbons (Fsp3) is 0.556. The van der Waals surface area contributed by atoms with Gasteiger partial charge >= 0.3 is 0 Å². The Morgan fingerprint density at radius 3 is 1.13 bits per heavy atom. The van der Waals surface area contributed by atoms with E-state index in [2.05, 4.69) is 98.8 Å². The number of hydrogen-bond donors (Lipinski definition) is 0. The molecule has 0 unspecified atom stereocenters. The zero-order chi connectivity index (χ0) is 40.8. The van der Waals surface area contributed by atoms with Crippen molar-refractivity contribution < 1.29 is 18.9 Å². The SMILES string of the molecule is COCOc1c(C[P@@](CC[P@@](Cc2cc(C)cc(C34CC5CC(CC(C5)C3)C4)c2OCOC)c2ccccc2)c2ccccc2)cc(C)cc1C12CC3CC(CC(C3)C1)C2. The number of aryl methyl sites for hydroxylation is 2. The summed E-state index contributed by atoms with van der Waals surface area (Å²) in [5, 5.41) is 2.99. The van der Waals surface area contributed by atoms with Crippen molar-refractivity contribution in [2.45, 2.75) is 114 Å². The highest BCUT2D eigenvalue weighted by atomic mass is 31.1. The lowest BCUT2D eigenvalue weighted by molar-refractivity contribution is -0.00915. The molecule has 0 heterocycles. The zero-order valence-electron chi connectivity index (χ0n) is 36.8. The quantitative estimate of drug-likeness (QED) is 0.0784. The van der Waals surface area contributed by atoms with Crippen LogP contribution in [0.15, 0.2) is 84.9 Å². The minimum absolute atomic E-state index is 0.251. The largest absolute Gasteiger partial charge is 0.467 e. The van der Waals surface area contributed by atoms with Crippen molar-refractivity contribution in [3.05, 3.63) is 118 Å². The first-order valence-corrected chi connectivity index (χ1v) is 26.8. The van der Waals surface area contributed by atoms with E-state index < -0.39 is 15.8 Å². The summed E-state index contributed by atoms with van der Waals surface area (Å²) in [4.78, 5) is 0. The third kappa shape index (κ3) is 8.27. The molecular weight excluding hydrogens is 775 g/mol. The lowest BCUT2D eigenvalue weighted by atomic mass is 9.48. The van der Waals surface area contributed by atoms with Crippen LogP contribution in [0.25, 0.3) is 0 Å². The third-order valence-electron chi connectivity index (χ3n) is 16.1. The maximum absolute atomic E-state index is 6.80. The molecule has 8 aliphatic carbocycles. The van der Waals surface area contributed by atoms with Gasteiger partial charge in [-0.3, -0.25) is 0 Å². The van der Waals surface area contributed by atoms with Gasteiger partial charge in [0.05, 0.1) is 0 Å². The van der Waals surface area contributed by atoms with E-state index in [9.17, 15) is 0 Å². The lowest BCUT2D eigenvalue weighted by Gasteiger charge is -2.57. The van der Waals surface area contributed by atoms with E-state index in [0.717, 1.165) is 59.3 Å². The summed E-state index contributed by atoms with van der Waals surface area (Å²) in [7, 11) is 2.50. The van der Waals surface area contributed by atoms with Crippen molar-refractivity contribution in [1.82, 2.24) is 0 Å². The highest BCUT2D eigenvalue weighted by Crippen LogP contribution is 2.64. The van der Waals surface area contributed by atoms with Crippen LogP contribution in [0.2, 0.25) is 0 Å². The summed E-state index contributed by atoms with van der Waals surface area (Å²) in [6.07, 6.45) is 21.1. The molecule has 60 heavy (non-hydrogen) atoms. The zero-order valence-corrected chi connectivity index (χ0v) is 38.6. The smallest absolute Gasteiger partial charge is 0.188 e. The first-order valence-electron chi connectivity index (χ1n) is 23.4. The predicted molar refractivity (Wildman–Crippen MR) is 250 cm³/mol. The van der Waals surface area contributed by atoms with Gasteiger partial charge in [-0.2, -0.15) is 0 Å². The summed E-state index contributed by atoms with van der Waals surface area (Å²) in [6.45, 7) is 5.26. The second kappa shape index (κ2) is 17.4. The van der Waals surface area contributed by atoms with E-state index in [1.54, 1.807) is 14.2 Å². The van der Waals surface area contributed by atoms with Crippen LogP contribution in [0.3, 0.4) is 0 Å². The molecular formula is C54H68O4P2. The molecule has 8 aliphatic rings. The average Bonchev–Trinajstić information content (AvgIpc) is 3.23. The van der Waals surface area contributed by atoms with Gasteiger partial charge in [0, 0.05) is 37.7 Å². The molecule has 0 amide bonds. The number of benzene rings is 4. The van der Waals surface area contributed by atoms with Crippen LogP contribution in [-0.4, -0.2) is 40.1 Å². The van der Waals surface area contributed by atoms with Crippen molar-refractivity contribution in [1.29, 1.82) is 0 Å². The maximum Gasteiger partial charge on any atom is 0.188 e. The highest BCUT2D eigenvalue weighted by molar-refractivity contribution is 7.68. The molecule has 12 rings (SSSR count). The molecule has 0 N–H and O–H groups in total. The van der Waals surface area contributed by atoms with Crippen molar-refractivity contribution in [2.24, 2.45) is 35.5 Å². The molecule has 0 radical (unpaired) electrons. The van der Waals surface area contributed by atoms with Gasteiger partial charge in [-0.15, -0.1) is 0 Å². The number of hydrogen-bond acceptors (Lipinski definition) is 4. The van der Waals surface area contributed by atoms with Crippen LogP contribution < -0.4 is 20.1 Å². The Balaban J connectivity index is 0.989. The lowest BCUT2D eigenvalue weighted by Crippen LogP contribution is -2.48. The average molecular weight is 843 g/mol. The van der Waals surface area contributed by atoms with E-state index in [4.69, 9.17) is 18.9 Å². The summed E-state index contributed by atoms with van der Waals surface area (Å²) in [6, 6.07) is 32.9. The molecule has 0 aromatic heterocycles. The number of methoxy groups -OCH3 is 2. The Bertz CT molecular complexity index is 1890. The van der Waals surface area contributed by atoms with Gasteiger partial charge in [0.1, 0.15) is 11.5 Å². The van der Waals surface area contributed by atoms with Crippen LogP contribution in [0.4, 0.5) is 0 Å². The fourth-order valence-corrected chi connectivity index (χ4v) is 20.3. The second-order valence-corrected chi connectivity index (χ2v) is 25.3. The minimum Gasteiger partial charge on any atom is -0.467 e. The molecule has 8 saturated carbocycles. The van der Waals surface area contributed by atoms with E-state index in [0.29, 0.717) is 13.6 Å². The molecule has 4 nitrogen and oxygen atoms in total. The van der Waals surface area contributed by atoms with Gasteiger partial charge in [0.15, 0.2) is 13.6 Å². The molecule has 8 fully saturated rings. The van der Waals surface area contributed by atoms with Gasteiger partial charge in [-0.1, -0.05) is 112 Å². The maximum atomic E-state index is 6.80. The third-order valence-corrected chi connectivity index (χ3v) is 21.5. The molecule has 8 bridgehead atoms. The van der Waals surface area contributed by atoms with Gasteiger partial charge in [-0.05, 0) is 171 Å². The summed E-state index contributed by atoms with van der Waals surface area (Å²) < 4.78 is 24.9. The molecule has 0 spiro atoms. The first-order chi connectivity index (χ1) is 29.3. The standard InChI is InChI=1S/C54H68O4P2/c1-37-17-45(51(57-35-55-3)49(19-37)53-27-39-21-40(28-53)23-41(22-39)29-53)33-59(47-11-7-5-8-12-47)15-16-60(48-13-9-6-10-14-48)34-46-18-38(2)20-50(52(46)58-36-56-4)54-30-42-24-43(31-54)26-44(25-42)32-54/h5-14,17-20,39-44H,15-16,21-36H2,1-4H3/t39?,40?,41?,42?,43?,44?,53?,54?,59-,60+. The van der Waals surface area contributed by atoms with Crippen LogP contribution in [0.5, 0.6) is 11.5 Å². The summed E-state index contributed by atoms with van der Waals surface area (Å²) in [5.74, 6) is 7.58. The summed E-state index contributed by atoms with van der Waals surface area (Å²) in [5.41, 5.74) is 9.06. The second-order valence-electron chi connectivity index (χ2n) is 20.6. The molecule has 4 aromatic carbocycles.